The van der Waals surface area contributed by atoms with E-state index in [2.05, 4.69) is 10.1 Å². The van der Waals surface area contributed by atoms with Crippen molar-refractivity contribution in [1.82, 2.24) is 5.32 Å². The highest BCUT2D eigenvalue weighted by molar-refractivity contribution is 6.01. The maximum absolute atomic E-state index is 11.6. The van der Waals surface area contributed by atoms with E-state index in [-0.39, 0.29) is 0 Å². The van der Waals surface area contributed by atoms with Crippen molar-refractivity contribution in [2.45, 2.75) is 6.61 Å². The van der Waals surface area contributed by atoms with E-state index in [4.69, 9.17) is 9.84 Å². The van der Waals surface area contributed by atoms with Crippen LogP contribution < -0.4 is 10.6 Å². The van der Waals surface area contributed by atoms with Gasteiger partial charge in [-0.05, 0) is 6.07 Å². The Hall–Kier alpha value is -2.45. The second kappa shape index (κ2) is 8.67. The highest BCUT2D eigenvalue weighted by atomic mass is 16.5. The summed E-state index contributed by atoms with van der Waals surface area (Å²) in [4.78, 5) is 33.1. The van der Waals surface area contributed by atoms with Crippen molar-refractivity contribution in [1.29, 1.82) is 0 Å². The first-order valence-corrected chi connectivity index (χ1v) is 6.00. The van der Waals surface area contributed by atoms with Crippen molar-refractivity contribution >= 4 is 23.6 Å². The van der Waals surface area contributed by atoms with Gasteiger partial charge < -0.3 is 19.9 Å². The van der Waals surface area contributed by atoms with Crippen molar-refractivity contribution in [3.8, 4) is 0 Å². The molecule has 0 fully saturated rings. The molecule has 0 spiro atoms. The fourth-order valence-electron chi connectivity index (χ4n) is 1.47. The zero-order chi connectivity index (χ0) is 15.7. The van der Waals surface area contributed by atoms with E-state index in [1.165, 1.54) is 7.11 Å². The number of nitrogens with one attached hydrogen (secondary N) is 2. The number of carboxylic acids is 1. The number of benzene rings is 1. The Morgan fingerprint density at radius 2 is 1.90 bits per heavy atom. The second-order valence-corrected chi connectivity index (χ2v) is 3.98. The fourth-order valence-corrected chi connectivity index (χ4v) is 1.47. The quantitative estimate of drug-likeness (QED) is 0.678. The van der Waals surface area contributed by atoms with Crippen LogP contribution in [0.3, 0.4) is 0 Å². The van der Waals surface area contributed by atoms with Gasteiger partial charge in [-0.3, -0.25) is 10.1 Å². The number of imide groups is 1. The molecule has 0 saturated heterocycles. The number of hydrogen-bond donors (Lipinski definition) is 3. The summed E-state index contributed by atoms with van der Waals surface area (Å²) in [5, 5.41) is 12.9. The molecule has 3 N–H and O–H groups in total. The number of amides is 3. The molecule has 1 aromatic carbocycles. The van der Waals surface area contributed by atoms with Crippen molar-refractivity contribution in [3.05, 3.63) is 29.8 Å². The fraction of sp³-hybridized carbons (Fsp3) is 0.308. The Bertz CT molecular complexity index is 517. The summed E-state index contributed by atoms with van der Waals surface area (Å²) in [7, 11) is 1.53. The molecule has 0 radical (unpaired) electrons. The van der Waals surface area contributed by atoms with Crippen LogP contribution >= 0.6 is 0 Å². The van der Waals surface area contributed by atoms with E-state index in [0.29, 0.717) is 12.3 Å². The van der Waals surface area contributed by atoms with Gasteiger partial charge in [0.05, 0.1) is 6.61 Å². The third-order valence-electron chi connectivity index (χ3n) is 2.28. The first-order chi connectivity index (χ1) is 10.0. The van der Waals surface area contributed by atoms with Crippen LogP contribution in [0.2, 0.25) is 0 Å². The molecule has 0 bridgehead atoms. The standard InChI is InChI=1S/C13H16N2O6/c1-20-6-9-4-2-3-5-10(9)14-13(19)15-11(16)7-21-8-12(17)18/h2-5H,6-8H2,1H3,(H,17,18)(H2,14,15,16,19). The summed E-state index contributed by atoms with van der Waals surface area (Å²) in [5.41, 5.74) is 1.26. The molecule has 114 valence electrons. The molecule has 8 nitrogen and oxygen atoms in total. The zero-order valence-electron chi connectivity index (χ0n) is 11.4. The highest BCUT2D eigenvalue weighted by Crippen LogP contribution is 2.15. The molecule has 0 aromatic heterocycles. The lowest BCUT2D eigenvalue weighted by atomic mass is 10.2. The summed E-state index contributed by atoms with van der Waals surface area (Å²) in [6.07, 6.45) is 0. The number of rotatable bonds is 7. The molecule has 0 saturated carbocycles. The molecule has 0 heterocycles. The van der Waals surface area contributed by atoms with Crippen molar-refractivity contribution < 1.29 is 29.0 Å². The minimum atomic E-state index is -1.19. The summed E-state index contributed by atoms with van der Waals surface area (Å²) < 4.78 is 9.55. The minimum Gasteiger partial charge on any atom is -0.480 e. The summed E-state index contributed by atoms with van der Waals surface area (Å²) >= 11 is 0. The number of methoxy groups -OCH3 is 1. The number of carboxylic acid groups (broad SMARTS) is 1. The van der Waals surface area contributed by atoms with E-state index in [1.54, 1.807) is 24.3 Å². The minimum absolute atomic E-state index is 0.312. The third-order valence-corrected chi connectivity index (χ3v) is 2.28. The smallest absolute Gasteiger partial charge is 0.329 e. The molecule has 1 rings (SSSR count). The average molecular weight is 296 g/mol. The molecule has 8 heteroatoms. The van der Waals surface area contributed by atoms with Crippen LogP contribution in [0.15, 0.2) is 24.3 Å². The number of aliphatic carboxylic acids is 1. The summed E-state index contributed by atoms with van der Waals surface area (Å²) in [6, 6.07) is 6.23. The van der Waals surface area contributed by atoms with Gasteiger partial charge in [0.15, 0.2) is 0 Å². The van der Waals surface area contributed by atoms with Crippen molar-refractivity contribution in [2.75, 3.05) is 25.6 Å². The van der Waals surface area contributed by atoms with Gasteiger partial charge in [0.1, 0.15) is 13.2 Å². The van der Waals surface area contributed by atoms with E-state index >= 15 is 0 Å². The second-order valence-electron chi connectivity index (χ2n) is 3.98. The maximum atomic E-state index is 11.6. The number of carbonyl (C=O) groups excluding carboxylic acids is 2. The normalized spacial score (nSPS) is 9.95. The number of ether oxygens (including phenoxy) is 2. The lowest BCUT2D eigenvalue weighted by Crippen LogP contribution is -2.37. The molecule has 1 aromatic rings. The summed E-state index contributed by atoms with van der Waals surface area (Å²) in [5.74, 6) is -1.93. The number of carbonyl (C=O) groups is 3. The topological polar surface area (TPSA) is 114 Å². The Morgan fingerprint density at radius 1 is 1.19 bits per heavy atom. The first-order valence-electron chi connectivity index (χ1n) is 6.00. The van der Waals surface area contributed by atoms with E-state index in [9.17, 15) is 14.4 Å². The van der Waals surface area contributed by atoms with Gasteiger partial charge in [-0.1, -0.05) is 18.2 Å². The Morgan fingerprint density at radius 3 is 2.57 bits per heavy atom. The zero-order valence-corrected chi connectivity index (χ0v) is 11.4. The van der Waals surface area contributed by atoms with Gasteiger partial charge >= 0.3 is 12.0 Å². The average Bonchev–Trinajstić information content (AvgIpc) is 2.40. The van der Waals surface area contributed by atoms with Crippen LogP contribution in [0.4, 0.5) is 10.5 Å². The first kappa shape index (κ1) is 16.6. The van der Waals surface area contributed by atoms with Gasteiger partial charge in [0, 0.05) is 18.4 Å². The van der Waals surface area contributed by atoms with E-state index in [1.807, 2.05) is 5.32 Å². The maximum Gasteiger partial charge on any atom is 0.329 e. The van der Waals surface area contributed by atoms with Crippen LogP contribution in [-0.4, -0.2) is 43.3 Å². The lowest BCUT2D eigenvalue weighted by molar-refractivity contribution is -0.143. The van der Waals surface area contributed by atoms with Crippen molar-refractivity contribution in [2.24, 2.45) is 0 Å². The van der Waals surface area contributed by atoms with E-state index < -0.39 is 31.1 Å². The van der Waals surface area contributed by atoms with Crippen LogP contribution in [-0.2, 0) is 25.7 Å². The Balaban J connectivity index is 2.46. The molecule has 0 unspecified atom stereocenters. The summed E-state index contributed by atoms with van der Waals surface area (Å²) in [6.45, 7) is -0.808. The van der Waals surface area contributed by atoms with Gasteiger partial charge in [0.2, 0.25) is 0 Å². The van der Waals surface area contributed by atoms with E-state index in [0.717, 1.165) is 5.56 Å². The number of hydrogen-bond acceptors (Lipinski definition) is 5. The molecule has 0 aliphatic carbocycles. The molecule has 21 heavy (non-hydrogen) atoms. The molecule has 0 aliphatic heterocycles. The van der Waals surface area contributed by atoms with Crippen LogP contribution in [0.1, 0.15) is 5.56 Å². The highest BCUT2D eigenvalue weighted by Gasteiger charge is 2.10. The number of anilines is 1. The monoisotopic (exact) mass is 296 g/mol. The van der Waals surface area contributed by atoms with Crippen LogP contribution in [0.5, 0.6) is 0 Å². The largest absolute Gasteiger partial charge is 0.480 e. The number of para-hydroxylation sites is 1. The van der Waals surface area contributed by atoms with Crippen LogP contribution in [0.25, 0.3) is 0 Å². The Kier molecular flexibility index (Phi) is 6.85. The SMILES string of the molecule is COCc1ccccc1NC(=O)NC(=O)COCC(=O)O. The van der Waals surface area contributed by atoms with Gasteiger partial charge in [-0.2, -0.15) is 0 Å². The van der Waals surface area contributed by atoms with Gasteiger partial charge in [-0.25, -0.2) is 9.59 Å². The predicted molar refractivity (Wildman–Crippen MR) is 72.8 cm³/mol. The Labute approximate surface area is 121 Å². The van der Waals surface area contributed by atoms with Gasteiger partial charge in [-0.15, -0.1) is 0 Å². The molecule has 0 aliphatic rings. The predicted octanol–water partition coefficient (Wildman–Crippen LogP) is 0.582. The van der Waals surface area contributed by atoms with Crippen LogP contribution in [0, 0.1) is 0 Å². The number of urea groups is 1. The molecular weight excluding hydrogens is 280 g/mol. The third kappa shape index (κ3) is 6.50. The van der Waals surface area contributed by atoms with Gasteiger partial charge in [0.25, 0.3) is 5.91 Å². The molecule has 3 amide bonds. The lowest BCUT2D eigenvalue weighted by Gasteiger charge is -2.10. The molecule has 0 atom stereocenters. The molecular formula is C13H16N2O6. The van der Waals surface area contributed by atoms with Crippen molar-refractivity contribution in [3.63, 3.8) is 0 Å².